The van der Waals surface area contributed by atoms with Gasteiger partial charge in [-0.3, -0.25) is 52.7 Å². The molecule has 0 radical (unpaired) electrons. The van der Waals surface area contributed by atoms with Gasteiger partial charge in [-0.1, -0.05) is 80.4 Å². The number of hydrogen-bond donors (Lipinski definition) is 15. The van der Waals surface area contributed by atoms with Crippen LogP contribution in [0.4, 0.5) is 0 Å². The number of carboxylic acids is 3. The largest absolute Gasteiger partial charge is 0.508 e. The van der Waals surface area contributed by atoms with Crippen LogP contribution >= 0.6 is 0 Å². The number of phenolic OH excluding ortho intramolecular Hbond substituents is 1. The molecule has 78 heavy (non-hydrogen) atoms. The molecule has 11 atom stereocenters. The van der Waals surface area contributed by atoms with Gasteiger partial charge in [-0.15, -0.1) is 0 Å². The van der Waals surface area contributed by atoms with E-state index in [1.165, 1.54) is 12.1 Å². The number of carbonyl (C=O) groups excluding carboxylic acids is 9. The first-order chi connectivity index (χ1) is 36.4. The predicted molar refractivity (Wildman–Crippen MR) is 280 cm³/mol. The summed E-state index contributed by atoms with van der Waals surface area (Å²) in [5.41, 5.74) is 12.1. The molecule has 0 aliphatic rings. The average molecular weight is 1110 g/mol. The maximum atomic E-state index is 14.3. The van der Waals surface area contributed by atoms with Crippen molar-refractivity contribution in [3.8, 4) is 5.75 Å². The van der Waals surface area contributed by atoms with E-state index in [9.17, 15) is 83.1 Å². The molecule has 0 unspecified atom stereocenters. The molecule has 0 heterocycles. The number of aliphatic hydroxyl groups excluding tert-OH is 1. The van der Waals surface area contributed by atoms with Crippen LogP contribution in [0.3, 0.4) is 0 Å². The summed E-state index contributed by atoms with van der Waals surface area (Å²) in [6, 6.07) is -7.50. The number of nitrogens with one attached hydrogen (secondary N) is 8. The van der Waals surface area contributed by atoms with E-state index in [4.69, 9.17) is 11.5 Å². The molecule has 0 bridgehead atoms. The Balaban J connectivity index is 3.46. The molecule has 0 aromatic heterocycles. The number of aromatic hydroxyl groups is 1. The summed E-state index contributed by atoms with van der Waals surface area (Å²) >= 11 is 0. The minimum Gasteiger partial charge on any atom is -0.508 e. The van der Waals surface area contributed by atoms with Gasteiger partial charge in [0.2, 0.25) is 53.2 Å². The molecule has 0 aliphatic heterocycles. The van der Waals surface area contributed by atoms with Gasteiger partial charge >= 0.3 is 17.9 Å². The van der Waals surface area contributed by atoms with Gasteiger partial charge in [-0.05, 0) is 79.9 Å². The summed E-state index contributed by atoms with van der Waals surface area (Å²) in [5.74, 6) is -14.7. The summed E-state index contributed by atoms with van der Waals surface area (Å²) in [6.45, 7) is 12.4. The van der Waals surface area contributed by atoms with Crippen LogP contribution in [0.25, 0.3) is 0 Å². The molecule has 0 spiro atoms. The lowest BCUT2D eigenvalue weighted by atomic mass is 9.94. The first-order valence-electron chi connectivity index (χ1n) is 26.0. The molecular formula is C51H82N10O17. The number of aliphatic hydroxyl groups is 1. The zero-order valence-corrected chi connectivity index (χ0v) is 45.6. The fraction of sp³-hybridized carbons (Fsp3) is 0.647. The molecule has 27 heteroatoms. The third-order valence-electron chi connectivity index (χ3n) is 12.7. The molecule has 0 saturated carbocycles. The normalized spacial score (nSPS) is 15.4. The lowest BCUT2D eigenvalue weighted by Gasteiger charge is -2.31. The lowest BCUT2D eigenvalue weighted by molar-refractivity contribution is -0.143. The van der Waals surface area contributed by atoms with Crippen LogP contribution in [0, 0.1) is 23.7 Å². The predicted octanol–water partition coefficient (Wildman–Crippen LogP) is -1.60. The van der Waals surface area contributed by atoms with Crippen LogP contribution in [0.15, 0.2) is 24.3 Å². The van der Waals surface area contributed by atoms with Crippen LogP contribution < -0.4 is 54.0 Å². The number of hydrogen-bond acceptors (Lipinski definition) is 15. The molecule has 0 aliphatic carbocycles. The van der Waals surface area contributed by atoms with Crippen LogP contribution in [0.5, 0.6) is 5.75 Å². The Hall–Kier alpha value is -7.42. The molecule has 0 fully saturated rings. The third kappa shape index (κ3) is 25.2. The number of phenols is 1. The number of benzene rings is 1. The summed E-state index contributed by atoms with van der Waals surface area (Å²) < 4.78 is 0. The van der Waals surface area contributed by atoms with Crippen molar-refractivity contribution in [2.75, 3.05) is 6.61 Å². The van der Waals surface area contributed by atoms with E-state index < -0.39 is 182 Å². The number of carbonyl (C=O) groups is 12. The van der Waals surface area contributed by atoms with Gasteiger partial charge in [-0.25, -0.2) is 4.79 Å². The Bertz CT molecular complexity index is 2230. The molecule has 1 aromatic rings. The molecule has 1 rings (SSSR count). The first-order valence-corrected chi connectivity index (χ1v) is 26.0. The van der Waals surface area contributed by atoms with Crippen LogP contribution in [-0.4, -0.2) is 158 Å². The van der Waals surface area contributed by atoms with Crippen LogP contribution in [0.1, 0.15) is 125 Å². The van der Waals surface area contributed by atoms with Gasteiger partial charge in [0.1, 0.15) is 54.1 Å². The Morgan fingerprint density at radius 2 is 0.821 bits per heavy atom. The second-order valence-corrected chi connectivity index (χ2v) is 20.2. The molecule has 0 saturated heterocycles. The number of nitrogens with two attached hydrogens (primary N) is 2. The van der Waals surface area contributed by atoms with Gasteiger partial charge in [-0.2, -0.15) is 0 Å². The van der Waals surface area contributed by atoms with Crippen LogP contribution in [0.2, 0.25) is 0 Å². The quantitative estimate of drug-likeness (QED) is 0.0357. The maximum absolute atomic E-state index is 14.3. The Morgan fingerprint density at radius 3 is 1.23 bits per heavy atom. The van der Waals surface area contributed by atoms with Gasteiger partial charge < -0.3 is 79.5 Å². The Morgan fingerprint density at radius 1 is 0.474 bits per heavy atom. The Kier molecular flexibility index (Phi) is 30.2. The van der Waals surface area contributed by atoms with Gasteiger partial charge in [0, 0.05) is 19.3 Å². The second kappa shape index (κ2) is 34.4. The maximum Gasteiger partial charge on any atom is 0.326 e. The van der Waals surface area contributed by atoms with Crippen molar-refractivity contribution in [2.45, 2.75) is 180 Å². The van der Waals surface area contributed by atoms with Gasteiger partial charge in [0.15, 0.2) is 0 Å². The topological polar surface area (TPSA) is 454 Å². The van der Waals surface area contributed by atoms with E-state index in [1.807, 2.05) is 0 Å². The minimum atomic E-state index is -1.73. The monoisotopic (exact) mass is 1110 g/mol. The minimum absolute atomic E-state index is 0.00554. The van der Waals surface area contributed by atoms with Crippen molar-refractivity contribution in [3.63, 3.8) is 0 Å². The van der Waals surface area contributed by atoms with E-state index >= 15 is 0 Å². The van der Waals surface area contributed by atoms with Crippen molar-refractivity contribution in [3.05, 3.63) is 29.8 Å². The summed E-state index contributed by atoms with van der Waals surface area (Å²) in [4.78, 5) is 157. The average Bonchev–Trinajstić information content (AvgIpc) is 3.36. The van der Waals surface area contributed by atoms with Crippen molar-refractivity contribution in [1.82, 2.24) is 42.5 Å². The molecule has 9 amide bonds. The van der Waals surface area contributed by atoms with Gasteiger partial charge in [0.25, 0.3) is 0 Å². The van der Waals surface area contributed by atoms with E-state index in [0.717, 1.165) is 0 Å². The third-order valence-corrected chi connectivity index (χ3v) is 12.7. The molecule has 17 N–H and O–H groups in total. The molecular weight excluding hydrogens is 1020 g/mol. The first kappa shape index (κ1) is 68.6. The van der Waals surface area contributed by atoms with Crippen molar-refractivity contribution >= 4 is 71.1 Å². The molecule has 438 valence electrons. The van der Waals surface area contributed by atoms with Crippen molar-refractivity contribution < 1.29 is 83.1 Å². The fourth-order valence-electron chi connectivity index (χ4n) is 7.73. The highest BCUT2D eigenvalue weighted by molar-refractivity contribution is 5.98. The zero-order chi connectivity index (χ0) is 59.6. The number of rotatable bonds is 37. The van der Waals surface area contributed by atoms with E-state index in [2.05, 4.69) is 42.5 Å². The Labute approximate surface area is 453 Å². The zero-order valence-electron chi connectivity index (χ0n) is 45.6. The lowest BCUT2D eigenvalue weighted by Crippen LogP contribution is -2.62. The van der Waals surface area contributed by atoms with Crippen molar-refractivity contribution in [2.24, 2.45) is 35.1 Å². The summed E-state index contributed by atoms with van der Waals surface area (Å²) in [5, 5.41) is 67.9. The standard InChI is InChI=1S/C51H82N10O17/c1-9-27(7)41(49(75)56-34(17-20-40(67)68)44(70)54-33(16-19-39(65)66)45(71)58-36(51(77)78)22-26(5)6)61-50(76)42(28(8)10-2)60-46(72)32(15-18-38(53)64)55-48(74)37(24-62)59-47(73)35(21-25(3)4)57-43(69)31(52)23-29-11-13-30(63)14-12-29/h11-14,25-28,31-37,41-42,62-63H,9-10,15-24,52H2,1-8H3,(H2,53,64)(H,54,70)(H,55,74)(H,56,75)(H,57,69)(H,58,71)(H,59,73)(H,60,72)(H,61,76)(H,65,66)(H,67,68)(H,77,78)/t27-,28-,31-,32-,33-,34-,35-,36-,37-,41-,42-/m0/s1. The number of primary amides is 1. The fourth-order valence-corrected chi connectivity index (χ4v) is 7.73. The number of carboxylic acid groups (broad SMARTS) is 3. The van der Waals surface area contributed by atoms with Crippen molar-refractivity contribution in [1.29, 1.82) is 0 Å². The molecule has 1 aromatic carbocycles. The molecule has 27 nitrogen and oxygen atoms in total. The van der Waals surface area contributed by atoms with Crippen LogP contribution in [-0.2, 0) is 64.0 Å². The highest BCUT2D eigenvalue weighted by atomic mass is 16.4. The van der Waals surface area contributed by atoms with Gasteiger partial charge in [0.05, 0.1) is 12.6 Å². The SMILES string of the molecule is CC[C@H](C)[C@H](NC(=O)[C@H](CCC(N)=O)NC(=O)[C@H](CO)NC(=O)[C@H](CC(C)C)NC(=O)[C@@H](N)Cc1ccc(O)cc1)C(=O)N[C@H](C(=O)N[C@@H](CCC(=O)O)C(=O)N[C@@H](CCC(=O)O)C(=O)N[C@@H](CC(C)C)C(=O)O)[C@@H](C)CC. The van der Waals surface area contributed by atoms with E-state index in [-0.39, 0.29) is 49.7 Å². The summed E-state index contributed by atoms with van der Waals surface area (Å²) in [7, 11) is 0. The second-order valence-electron chi connectivity index (χ2n) is 20.2. The van der Waals surface area contributed by atoms with E-state index in [0.29, 0.717) is 5.56 Å². The number of amides is 9. The smallest absolute Gasteiger partial charge is 0.326 e. The highest BCUT2D eigenvalue weighted by Crippen LogP contribution is 2.16. The summed E-state index contributed by atoms with van der Waals surface area (Å²) in [6.07, 6.45) is -2.80. The van der Waals surface area contributed by atoms with E-state index in [1.54, 1.807) is 67.5 Å². The number of aliphatic carboxylic acids is 3. The highest BCUT2D eigenvalue weighted by Gasteiger charge is 2.38.